The molecule has 234 valence electrons. The summed E-state index contributed by atoms with van der Waals surface area (Å²) in [5, 5.41) is 39.2. The van der Waals surface area contributed by atoms with Gasteiger partial charge in [-0.2, -0.15) is 0 Å². The molecule has 6 unspecified atom stereocenters. The van der Waals surface area contributed by atoms with Gasteiger partial charge in [-0.25, -0.2) is 4.57 Å². The van der Waals surface area contributed by atoms with Gasteiger partial charge in [0.15, 0.2) is 0 Å². The highest BCUT2D eigenvalue weighted by atomic mass is 31.2. The Balaban J connectivity index is 2.00. The lowest BCUT2D eigenvalue weighted by atomic mass is 9.87. The van der Waals surface area contributed by atoms with E-state index in [9.17, 15) is 29.9 Å². The van der Waals surface area contributed by atoms with Gasteiger partial charge < -0.3 is 34.8 Å². The van der Waals surface area contributed by atoms with Gasteiger partial charge in [0.05, 0.1) is 25.4 Å². The van der Waals surface area contributed by atoms with Gasteiger partial charge in [0, 0.05) is 20.1 Å². The van der Waals surface area contributed by atoms with E-state index < -0.39 is 44.4 Å². The normalized spacial score (nSPS) is 26.0. The van der Waals surface area contributed by atoms with Crippen molar-refractivity contribution in [2.24, 2.45) is 0 Å². The van der Waals surface area contributed by atoms with Crippen LogP contribution in [0.25, 0.3) is 0 Å². The van der Waals surface area contributed by atoms with E-state index in [1.807, 2.05) is 0 Å². The van der Waals surface area contributed by atoms with Crippen molar-refractivity contribution in [3.63, 3.8) is 0 Å². The average Bonchev–Trinajstić information content (AvgIpc) is 2.91. The summed E-state index contributed by atoms with van der Waals surface area (Å²) >= 11 is 0. The lowest BCUT2D eigenvalue weighted by Gasteiger charge is -2.38. The Kier molecular flexibility index (Phi) is 21.3. The summed E-state index contributed by atoms with van der Waals surface area (Å²) in [5.74, 6) is 0. The number of rotatable bonds is 25. The van der Waals surface area contributed by atoms with E-state index in [1.165, 1.54) is 97.0 Å². The quantitative estimate of drug-likeness (QED) is 0.0758. The van der Waals surface area contributed by atoms with Crippen molar-refractivity contribution in [2.45, 2.75) is 153 Å². The summed E-state index contributed by atoms with van der Waals surface area (Å²) in [6.07, 6.45) is 12.2. The molecule has 1 aliphatic carbocycles. The smallest absolute Gasteiger partial charge is 0.390 e. The number of aliphatic hydroxyl groups excluding tert-OH is 4. The number of unbranched alkanes of at least 4 members (excludes halogenated alkanes) is 15. The van der Waals surface area contributed by atoms with Gasteiger partial charge in [-0.05, 0) is 6.42 Å². The summed E-state index contributed by atoms with van der Waals surface area (Å²) in [4.78, 5) is 9.97. The number of methoxy groups -OCH3 is 1. The maximum Gasteiger partial charge on any atom is 0.472 e. The molecule has 0 aromatic carbocycles. The number of aliphatic hydroxyl groups is 4. The Morgan fingerprint density at radius 3 is 1.69 bits per heavy atom. The van der Waals surface area contributed by atoms with E-state index in [1.54, 1.807) is 0 Å². The summed E-state index contributed by atoms with van der Waals surface area (Å²) in [7, 11) is -3.24. The Hall–Kier alpha value is -0.130. The third-order valence-electron chi connectivity index (χ3n) is 7.40. The molecule has 0 bridgehead atoms. The van der Waals surface area contributed by atoms with Crippen LogP contribution in [0, 0.1) is 0 Å². The molecule has 0 aromatic heterocycles. The first-order chi connectivity index (χ1) is 18.7. The molecule has 7 atom stereocenters. The minimum absolute atomic E-state index is 0.175. The van der Waals surface area contributed by atoms with Gasteiger partial charge >= 0.3 is 7.82 Å². The van der Waals surface area contributed by atoms with Gasteiger partial charge in [0.25, 0.3) is 0 Å². The van der Waals surface area contributed by atoms with E-state index in [0.717, 1.165) is 12.8 Å². The number of phosphoric acid groups is 1. The summed E-state index contributed by atoms with van der Waals surface area (Å²) in [6, 6.07) is 0. The second kappa shape index (κ2) is 22.5. The zero-order valence-corrected chi connectivity index (χ0v) is 25.2. The fraction of sp³-hybridized carbons (Fsp3) is 1.00. The zero-order valence-electron chi connectivity index (χ0n) is 24.3. The van der Waals surface area contributed by atoms with Crippen molar-refractivity contribution in [3.05, 3.63) is 0 Å². The molecule has 0 spiro atoms. The first-order valence-corrected chi connectivity index (χ1v) is 16.7. The molecule has 39 heavy (non-hydrogen) atoms. The molecule has 1 saturated carbocycles. The minimum atomic E-state index is -4.68. The van der Waals surface area contributed by atoms with Crippen LogP contribution >= 0.6 is 7.82 Å². The molecule has 11 heteroatoms. The molecule has 0 amide bonds. The highest BCUT2D eigenvalue weighted by molar-refractivity contribution is 7.47. The predicted octanol–water partition coefficient (Wildman–Crippen LogP) is 4.63. The van der Waals surface area contributed by atoms with Gasteiger partial charge in [0.1, 0.15) is 24.4 Å². The van der Waals surface area contributed by atoms with E-state index in [4.69, 9.17) is 18.5 Å². The largest absolute Gasteiger partial charge is 0.472 e. The van der Waals surface area contributed by atoms with Crippen LogP contribution in [0.4, 0.5) is 0 Å². The van der Waals surface area contributed by atoms with Crippen LogP contribution in [0.15, 0.2) is 0 Å². The summed E-state index contributed by atoms with van der Waals surface area (Å²) in [6.45, 7) is 2.70. The SMILES string of the molecule is CCCCCCCCCCCCCCCCCCOC[C@H](COP(=O)(O)OC1C(O)CC(O)C(O)C1O)OC. The van der Waals surface area contributed by atoms with Gasteiger partial charge in [-0.15, -0.1) is 0 Å². The molecule has 10 nitrogen and oxygen atoms in total. The Morgan fingerprint density at radius 2 is 1.21 bits per heavy atom. The Labute approximate surface area is 236 Å². The van der Waals surface area contributed by atoms with Crippen LogP contribution in [0.3, 0.4) is 0 Å². The van der Waals surface area contributed by atoms with Crippen LogP contribution in [-0.4, -0.2) is 88.9 Å². The van der Waals surface area contributed by atoms with Crippen molar-refractivity contribution in [3.8, 4) is 0 Å². The molecular formula is C28H57O10P. The van der Waals surface area contributed by atoms with Crippen LogP contribution in [0.1, 0.15) is 116 Å². The highest BCUT2D eigenvalue weighted by Crippen LogP contribution is 2.47. The van der Waals surface area contributed by atoms with Crippen LogP contribution < -0.4 is 0 Å². The fourth-order valence-electron chi connectivity index (χ4n) is 4.82. The van der Waals surface area contributed by atoms with E-state index >= 15 is 0 Å². The Bertz CT molecular complexity index is 625. The molecule has 0 saturated heterocycles. The molecule has 1 rings (SSSR count). The lowest BCUT2D eigenvalue weighted by Crippen LogP contribution is -2.56. The second-order valence-corrected chi connectivity index (χ2v) is 12.3. The van der Waals surface area contributed by atoms with Crippen LogP contribution in [0.2, 0.25) is 0 Å². The molecule has 1 fully saturated rings. The van der Waals surface area contributed by atoms with Crippen molar-refractivity contribution in [2.75, 3.05) is 26.9 Å². The number of hydrogen-bond donors (Lipinski definition) is 5. The molecule has 0 radical (unpaired) electrons. The summed E-state index contributed by atoms with van der Waals surface area (Å²) < 4.78 is 33.0. The summed E-state index contributed by atoms with van der Waals surface area (Å²) in [5.41, 5.74) is 0. The fourth-order valence-corrected chi connectivity index (χ4v) is 5.80. The topological polar surface area (TPSA) is 155 Å². The second-order valence-electron chi connectivity index (χ2n) is 10.9. The molecule has 0 aromatic rings. The van der Waals surface area contributed by atoms with E-state index in [-0.39, 0.29) is 19.6 Å². The van der Waals surface area contributed by atoms with Crippen LogP contribution in [-0.2, 0) is 23.1 Å². The number of hydrogen-bond acceptors (Lipinski definition) is 9. The molecular weight excluding hydrogens is 527 g/mol. The number of phosphoric ester groups is 1. The molecule has 0 aliphatic heterocycles. The van der Waals surface area contributed by atoms with Crippen molar-refractivity contribution >= 4 is 7.82 Å². The maximum atomic E-state index is 12.3. The highest BCUT2D eigenvalue weighted by Gasteiger charge is 2.46. The van der Waals surface area contributed by atoms with E-state index in [0.29, 0.717) is 6.61 Å². The van der Waals surface area contributed by atoms with Gasteiger partial charge in [-0.3, -0.25) is 9.05 Å². The first kappa shape index (κ1) is 36.9. The lowest BCUT2D eigenvalue weighted by molar-refractivity contribution is -0.173. The standard InChI is InChI=1S/C28H57O10P/c1-3-4-5-6-7-8-9-10-11-12-13-14-15-16-17-18-19-36-21-23(35-2)22-37-39(33,34)38-28-25(30)20-24(29)26(31)27(28)32/h23-32H,3-22H2,1-2H3,(H,33,34)/t23-,24?,25?,26?,27?,28?/m1/s1. The molecule has 1 aliphatic rings. The molecule has 5 N–H and O–H groups in total. The third kappa shape index (κ3) is 17.4. The Morgan fingerprint density at radius 1 is 0.718 bits per heavy atom. The van der Waals surface area contributed by atoms with Crippen LogP contribution in [0.5, 0.6) is 0 Å². The third-order valence-corrected chi connectivity index (χ3v) is 8.39. The molecule has 0 heterocycles. The van der Waals surface area contributed by atoms with Gasteiger partial charge in [-0.1, -0.05) is 103 Å². The minimum Gasteiger partial charge on any atom is -0.390 e. The van der Waals surface area contributed by atoms with Gasteiger partial charge in [0.2, 0.25) is 0 Å². The van der Waals surface area contributed by atoms with Crippen molar-refractivity contribution < 1.29 is 48.4 Å². The predicted molar refractivity (Wildman–Crippen MR) is 150 cm³/mol. The monoisotopic (exact) mass is 584 g/mol. The van der Waals surface area contributed by atoms with E-state index in [2.05, 4.69) is 6.92 Å². The van der Waals surface area contributed by atoms with Crippen molar-refractivity contribution in [1.82, 2.24) is 0 Å². The zero-order chi connectivity index (χ0) is 28.9. The number of ether oxygens (including phenoxy) is 2. The van der Waals surface area contributed by atoms with Crippen molar-refractivity contribution in [1.29, 1.82) is 0 Å². The average molecular weight is 585 g/mol. The first-order valence-electron chi connectivity index (χ1n) is 15.2. The maximum absolute atomic E-state index is 12.3.